The largest absolute Gasteiger partial charge is 0.711 e. The van der Waals surface area contributed by atoms with Crippen molar-refractivity contribution in [3.8, 4) is 11.5 Å². The second kappa shape index (κ2) is 10.9. The molecule has 1 aromatic heterocycles. The maximum atomic E-state index is 12.6. The van der Waals surface area contributed by atoms with Crippen molar-refractivity contribution in [2.45, 2.75) is 18.9 Å². The number of hydrogen-bond acceptors (Lipinski definition) is 6. The molecule has 2 N–H and O–H groups in total. The highest BCUT2D eigenvalue weighted by atomic mass is 16.5. The van der Waals surface area contributed by atoms with Crippen molar-refractivity contribution in [1.82, 2.24) is 4.90 Å². The van der Waals surface area contributed by atoms with Gasteiger partial charge in [-0.25, -0.2) is 9.52 Å². The van der Waals surface area contributed by atoms with Gasteiger partial charge in [0.25, 0.3) is 5.82 Å². The van der Waals surface area contributed by atoms with E-state index in [0.717, 1.165) is 24.8 Å². The van der Waals surface area contributed by atoms with E-state index in [-0.39, 0.29) is 24.1 Å². The van der Waals surface area contributed by atoms with Crippen molar-refractivity contribution in [2.75, 3.05) is 36.9 Å². The minimum absolute atomic E-state index is 0.0391. The van der Waals surface area contributed by atoms with E-state index in [2.05, 4.69) is 5.32 Å². The number of hydrogen-bond donors (Lipinski definition) is 2. The van der Waals surface area contributed by atoms with Crippen molar-refractivity contribution in [3.05, 3.63) is 83.7 Å². The number of carbonyl (C=O) groups is 2. The predicted molar refractivity (Wildman–Crippen MR) is 132 cm³/mol. The molecule has 1 aliphatic rings. The third kappa shape index (κ3) is 6.27. The zero-order chi connectivity index (χ0) is 24.8. The highest BCUT2D eigenvalue weighted by Gasteiger charge is 2.29. The van der Waals surface area contributed by atoms with Crippen molar-refractivity contribution < 1.29 is 24.2 Å². The maximum Gasteiger partial charge on any atom is 0.339 e. The highest BCUT2D eigenvalue weighted by molar-refractivity contribution is 5.92. The summed E-state index contributed by atoms with van der Waals surface area (Å²) in [5.74, 6) is 0.646. The number of nitrogens with zero attached hydrogens (tertiary/aromatic N) is 3. The van der Waals surface area contributed by atoms with Gasteiger partial charge in [0.1, 0.15) is 17.7 Å². The fourth-order valence-electron chi connectivity index (χ4n) is 4.17. The first-order chi connectivity index (χ1) is 16.9. The quantitative estimate of drug-likeness (QED) is 0.379. The number of nitrogens with one attached hydrogen (secondary N) is 1. The maximum absolute atomic E-state index is 12.6. The molecule has 0 bridgehead atoms. The fourth-order valence-corrected chi connectivity index (χ4v) is 4.17. The van der Waals surface area contributed by atoms with E-state index in [1.165, 1.54) is 6.07 Å². The van der Waals surface area contributed by atoms with E-state index < -0.39 is 5.97 Å². The number of aromatic carboxylic acids is 1. The van der Waals surface area contributed by atoms with Crippen LogP contribution >= 0.6 is 0 Å². The van der Waals surface area contributed by atoms with Crippen molar-refractivity contribution in [1.29, 1.82) is 0 Å². The Bertz CT molecular complexity index is 1160. The molecule has 1 saturated heterocycles. The molecule has 0 radical (unpaired) electrons. The lowest BCUT2D eigenvalue weighted by atomic mass is 10.0. The Morgan fingerprint density at radius 3 is 2.34 bits per heavy atom. The molecule has 1 amide bonds. The van der Waals surface area contributed by atoms with E-state index in [1.54, 1.807) is 6.07 Å². The first kappa shape index (κ1) is 24.0. The molecular formula is C26H28N4O5. The molecule has 0 atom stereocenters. The molecule has 2 heterocycles. The van der Waals surface area contributed by atoms with Crippen LogP contribution < -0.4 is 19.7 Å². The summed E-state index contributed by atoms with van der Waals surface area (Å²) in [5, 5.41) is 24.2. The summed E-state index contributed by atoms with van der Waals surface area (Å²) in [6.45, 7) is 1.55. The van der Waals surface area contributed by atoms with Crippen LogP contribution in [0.15, 0.2) is 72.9 Å². The van der Waals surface area contributed by atoms with Crippen molar-refractivity contribution in [3.63, 3.8) is 0 Å². The number of pyridine rings is 1. The van der Waals surface area contributed by atoms with E-state index >= 15 is 0 Å². The summed E-state index contributed by atoms with van der Waals surface area (Å²) in [7, 11) is 1.92. The molecule has 9 heteroatoms. The zero-order valence-electron chi connectivity index (χ0n) is 19.5. The summed E-state index contributed by atoms with van der Waals surface area (Å²) < 4.78 is 6.38. The zero-order valence-corrected chi connectivity index (χ0v) is 19.5. The number of carboxylic acid groups (broad SMARTS) is 1. The van der Waals surface area contributed by atoms with Gasteiger partial charge in [-0.2, -0.15) is 0 Å². The molecule has 9 nitrogen and oxygen atoms in total. The Morgan fingerprint density at radius 1 is 1.06 bits per heavy atom. The van der Waals surface area contributed by atoms with Gasteiger partial charge >= 0.3 is 5.97 Å². The Hall–Kier alpha value is -4.11. The van der Waals surface area contributed by atoms with Gasteiger partial charge in [-0.1, -0.05) is 18.2 Å². The van der Waals surface area contributed by atoms with Gasteiger partial charge in [0.15, 0.2) is 0 Å². The van der Waals surface area contributed by atoms with Crippen molar-refractivity contribution >= 4 is 23.4 Å². The molecular weight excluding hydrogens is 448 g/mol. The van der Waals surface area contributed by atoms with E-state index in [4.69, 9.17) is 9.84 Å². The summed E-state index contributed by atoms with van der Waals surface area (Å²) >= 11 is 0. The standard InChI is InChI=1S/C26H28N4O5/c1-28(21-13-15-29(16-14-21)25-12-7-19(26(32)33)17-30(25)34)18-24(31)27-20-8-10-23(11-9-20)35-22-5-3-2-4-6-22/h2-12,17,21H,13-16,18H2,1H3,(H,27,31)(H,32,33). The van der Waals surface area contributed by atoms with Crippen LogP contribution in [0.1, 0.15) is 23.2 Å². The first-order valence-corrected chi connectivity index (χ1v) is 11.4. The number of carbonyl (C=O) groups excluding carboxylic acids is 1. The second-order valence-electron chi connectivity index (χ2n) is 8.53. The van der Waals surface area contributed by atoms with Crippen LogP contribution in [0.3, 0.4) is 0 Å². The Labute approximate surface area is 203 Å². The molecule has 0 saturated carbocycles. The van der Waals surface area contributed by atoms with Gasteiger partial charge in [0.05, 0.1) is 25.2 Å². The molecule has 35 heavy (non-hydrogen) atoms. The number of piperidine rings is 1. The summed E-state index contributed by atoms with van der Waals surface area (Å²) in [6, 6.07) is 19.9. The van der Waals surface area contributed by atoms with E-state index in [9.17, 15) is 14.8 Å². The molecule has 182 valence electrons. The van der Waals surface area contributed by atoms with Gasteiger partial charge in [0, 0.05) is 30.6 Å². The normalized spacial score (nSPS) is 14.1. The summed E-state index contributed by atoms with van der Waals surface area (Å²) in [6.07, 6.45) is 2.66. The van der Waals surface area contributed by atoms with Gasteiger partial charge in [0.2, 0.25) is 5.91 Å². The number of amides is 1. The number of benzene rings is 2. The predicted octanol–water partition coefficient (Wildman–Crippen LogP) is 3.35. The van der Waals surface area contributed by atoms with Crippen LogP contribution in [-0.2, 0) is 4.79 Å². The van der Waals surface area contributed by atoms with Crippen LogP contribution in [0.25, 0.3) is 0 Å². The number of para-hydroxylation sites is 1. The Balaban J connectivity index is 1.24. The fraction of sp³-hybridized carbons (Fsp3) is 0.269. The summed E-state index contributed by atoms with van der Waals surface area (Å²) in [4.78, 5) is 27.6. The van der Waals surface area contributed by atoms with Crippen LogP contribution in [-0.4, -0.2) is 54.6 Å². The second-order valence-corrected chi connectivity index (χ2v) is 8.53. The number of anilines is 2. The SMILES string of the molecule is CN(CC(=O)Nc1ccc(Oc2ccccc2)cc1)C1CCN(c2ccc(C(=O)O)c[n+]2[O-])CC1. The molecule has 1 aliphatic heterocycles. The third-order valence-corrected chi connectivity index (χ3v) is 6.06. The van der Waals surface area contributed by atoms with Gasteiger partial charge < -0.3 is 20.4 Å². The number of aromatic nitrogens is 1. The molecule has 0 unspecified atom stereocenters. The monoisotopic (exact) mass is 476 g/mol. The van der Waals surface area contributed by atoms with Crippen molar-refractivity contribution in [2.24, 2.45) is 0 Å². The molecule has 3 aromatic rings. The van der Waals surface area contributed by atoms with Gasteiger partial charge in [-0.15, -0.1) is 0 Å². The van der Waals surface area contributed by atoms with E-state index in [1.807, 2.05) is 71.4 Å². The molecule has 4 rings (SSSR count). The minimum Gasteiger partial charge on any atom is -0.711 e. The third-order valence-electron chi connectivity index (χ3n) is 6.06. The molecule has 0 spiro atoms. The lowest BCUT2D eigenvalue weighted by molar-refractivity contribution is -0.592. The van der Waals surface area contributed by atoms with Crippen LogP contribution in [0, 0.1) is 5.21 Å². The van der Waals surface area contributed by atoms with Crippen LogP contribution in [0.5, 0.6) is 11.5 Å². The van der Waals surface area contributed by atoms with Gasteiger partial charge in [-0.05, 0) is 49.5 Å². The van der Waals surface area contributed by atoms with Crippen LogP contribution in [0.2, 0.25) is 0 Å². The lowest BCUT2D eigenvalue weighted by Gasteiger charge is -2.34. The number of rotatable bonds is 8. The Morgan fingerprint density at radius 2 is 1.71 bits per heavy atom. The average molecular weight is 477 g/mol. The highest BCUT2D eigenvalue weighted by Crippen LogP contribution is 2.23. The number of likely N-dealkylation sites (N-methyl/N-ethyl adjacent to an activating group) is 1. The molecule has 1 fully saturated rings. The van der Waals surface area contributed by atoms with Gasteiger partial charge in [-0.3, -0.25) is 14.6 Å². The Kier molecular flexibility index (Phi) is 7.47. The topological polar surface area (TPSA) is 109 Å². The first-order valence-electron chi connectivity index (χ1n) is 11.4. The van der Waals surface area contributed by atoms with Crippen LogP contribution in [0.4, 0.5) is 11.5 Å². The lowest BCUT2D eigenvalue weighted by Crippen LogP contribution is -2.48. The minimum atomic E-state index is -1.13. The molecule has 0 aliphatic carbocycles. The average Bonchev–Trinajstić information content (AvgIpc) is 2.86. The summed E-state index contributed by atoms with van der Waals surface area (Å²) in [5.41, 5.74) is 0.659. The smallest absolute Gasteiger partial charge is 0.339 e. The molecule has 2 aromatic carbocycles. The number of ether oxygens (including phenoxy) is 1. The van der Waals surface area contributed by atoms with E-state index in [0.29, 0.717) is 35.1 Å². The number of carboxylic acids is 1.